The summed E-state index contributed by atoms with van der Waals surface area (Å²) in [6.45, 7) is 3.95. The third-order valence-electron chi connectivity index (χ3n) is 3.18. The predicted octanol–water partition coefficient (Wildman–Crippen LogP) is 2.78. The molecule has 2 rings (SSSR count). The lowest BCUT2D eigenvalue weighted by molar-refractivity contribution is 0.504. The number of aryl methyl sites for hydroxylation is 3. The van der Waals surface area contributed by atoms with Crippen molar-refractivity contribution in [1.82, 2.24) is 9.78 Å². The van der Waals surface area contributed by atoms with Gasteiger partial charge in [0.25, 0.3) is 0 Å². The van der Waals surface area contributed by atoms with E-state index in [2.05, 4.69) is 12.0 Å². The largest absolute Gasteiger partial charge is 0.469 e. The maximum absolute atomic E-state index is 6.24. The number of furan rings is 1. The van der Waals surface area contributed by atoms with Crippen LogP contribution in [-0.4, -0.2) is 9.78 Å². The molecule has 0 aliphatic heterocycles. The van der Waals surface area contributed by atoms with Crippen molar-refractivity contribution in [2.75, 3.05) is 0 Å². The van der Waals surface area contributed by atoms with Gasteiger partial charge in [0.05, 0.1) is 22.7 Å². The van der Waals surface area contributed by atoms with E-state index in [1.54, 1.807) is 10.9 Å². The first-order valence-corrected chi connectivity index (χ1v) is 6.42. The average molecular weight is 268 g/mol. The Balaban J connectivity index is 2.24. The summed E-state index contributed by atoms with van der Waals surface area (Å²) < 4.78 is 7.20. The van der Waals surface area contributed by atoms with Gasteiger partial charge in [-0.2, -0.15) is 5.10 Å². The van der Waals surface area contributed by atoms with Gasteiger partial charge in [-0.05, 0) is 13.0 Å². The van der Waals surface area contributed by atoms with E-state index >= 15 is 0 Å². The molecule has 2 N–H and O–H groups in total. The molecule has 0 saturated heterocycles. The second-order valence-corrected chi connectivity index (χ2v) is 4.81. The van der Waals surface area contributed by atoms with Gasteiger partial charge >= 0.3 is 0 Å². The molecule has 0 aliphatic rings. The summed E-state index contributed by atoms with van der Waals surface area (Å²) >= 11 is 6.23. The first-order valence-electron chi connectivity index (χ1n) is 6.04. The quantitative estimate of drug-likeness (QED) is 0.927. The first-order chi connectivity index (χ1) is 8.54. The highest BCUT2D eigenvalue weighted by atomic mass is 35.5. The molecule has 0 bridgehead atoms. The number of hydrogen-bond donors (Lipinski definition) is 1. The number of halogens is 1. The van der Waals surface area contributed by atoms with Crippen LogP contribution in [0.1, 0.15) is 35.7 Å². The molecule has 0 amide bonds. The normalized spacial score (nSPS) is 12.9. The zero-order valence-corrected chi connectivity index (χ0v) is 11.7. The number of aromatic nitrogens is 2. The van der Waals surface area contributed by atoms with Crippen molar-refractivity contribution in [3.05, 3.63) is 40.1 Å². The minimum Gasteiger partial charge on any atom is -0.469 e. The van der Waals surface area contributed by atoms with E-state index in [1.165, 1.54) is 0 Å². The molecule has 2 heterocycles. The number of nitrogens with two attached hydrogens (primary N) is 1. The van der Waals surface area contributed by atoms with Crippen LogP contribution in [0.4, 0.5) is 0 Å². The van der Waals surface area contributed by atoms with Gasteiger partial charge in [0.1, 0.15) is 5.76 Å². The average Bonchev–Trinajstić information content (AvgIpc) is 2.90. The molecule has 0 aliphatic carbocycles. The van der Waals surface area contributed by atoms with Crippen molar-refractivity contribution >= 4 is 11.6 Å². The predicted molar refractivity (Wildman–Crippen MR) is 71.7 cm³/mol. The fourth-order valence-electron chi connectivity index (χ4n) is 2.19. The van der Waals surface area contributed by atoms with Crippen LogP contribution in [0.25, 0.3) is 0 Å². The van der Waals surface area contributed by atoms with Crippen molar-refractivity contribution in [3.63, 3.8) is 0 Å². The van der Waals surface area contributed by atoms with E-state index in [0.717, 1.165) is 29.1 Å². The van der Waals surface area contributed by atoms with Gasteiger partial charge in [0, 0.05) is 31.5 Å². The Kier molecular flexibility index (Phi) is 3.78. The fourth-order valence-corrected chi connectivity index (χ4v) is 2.43. The summed E-state index contributed by atoms with van der Waals surface area (Å²) in [4.78, 5) is 0. The molecular formula is C13H18ClN3O. The summed E-state index contributed by atoms with van der Waals surface area (Å²) in [5, 5.41) is 5.00. The zero-order chi connectivity index (χ0) is 13.3. The Bertz CT molecular complexity index is 544. The van der Waals surface area contributed by atoms with Gasteiger partial charge < -0.3 is 10.2 Å². The first kappa shape index (κ1) is 13.2. The van der Waals surface area contributed by atoms with Crippen LogP contribution in [0.2, 0.25) is 5.02 Å². The molecule has 18 heavy (non-hydrogen) atoms. The summed E-state index contributed by atoms with van der Waals surface area (Å²) in [6.07, 6.45) is 3.18. The molecule has 0 aromatic carbocycles. The SMILES string of the molecule is CCc1occc1C(N)Cc1c(Cl)c(C)nn1C. The third-order valence-corrected chi connectivity index (χ3v) is 3.67. The van der Waals surface area contributed by atoms with Crippen molar-refractivity contribution < 1.29 is 4.42 Å². The van der Waals surface area contributed by atoms with Crippen molar-refractivity contribution in [2.24, 2.45) is 12.8 Å². The number of nitrogens with zero attached hydrogens (tertiary/aromatic N) is 2. The zero-order valence-electron chi connectivity index (χ0n) is 10.9. The van der Waals surface area contributed by atoms with Crippen LogP contribution < -0.4 is 5.73 Å². The Morgan fingerprint density at radius 3 is 2.83 bits per heavy atom. The summed E-state index contributed by atoms with van der Waals surface area (Å²) in [5.74, 6) is 0.942. The third kappa shape index (κ3) is 2.31. The van der Waals surface area contributed by atoms with Crippen molar-refractivity contribution in [3.8, 4) is 0 Å². The highest BCUT2D eigenvalue weighted by Gasteiger charge is 2.18. The Morgan fingerprint density at radius 2 is 2.28 bits per heavy atom. The molecule has 2 aromatic rings. The van der Waals surface area contributed by atoms with E-state index in [9.17, 15) is 0 Å². The summed E-state index contributed by atoms with van der Waals surface area (Å²) in [5.41, 5.74) is 9.08. The van der Waals surface area contributed by atoms with E-state index in [1.807, 2.05) is 20.0 Å². The Labute approximate surface area is 112 Å². The van der Waals surface area contributed by atoms with E-state index in [4.69, 9.17) is 21.8 Å². The van der Waals surface area contributed by atoms with Crippen molar-refractivity contribution in [1.29, 1.82) is 0 Å². The topological polar surface area (TPSA) is 57.0 Å². The second kappa shape index (κ2) is 5.16. The van der Waals surface area contributed by atoms with E-state index in [-0.39, 0.29) is 6.04 Å². The van der Waals surface area contributed by atoms with Crippen LogP contribution in [0.5, 0.6) is 0 Å². The Morgan fingerprint density at radius 1 is 1.56 bits per heavy atom. The van der Waals surface area contributed by atoms with Gasteiger partial charge in [-0.25, -0.2) is 0 Å². The molecule has 5 heteroatoms. The molecule has 2 aromatic heterocycles. The van der Waals surface area contributed by atoms with Crippen molar-refractivity contribution in [2.45, 2.75) is 32.7 Å². The minimum absolute atomic E-state index is 0.119. The van der Waals surface area contributed by atoms with Gasteiger partial charge in [0.15, 0.2) is 0 Å². The Hall–Kier alpha value is -1.26. The molecular weight excluding hydrogens is 250 g/mol. The highest BCUT2D eigenvalue weighted by molar-refractivity contribution is 6.31. The van der Waals surface area contributed by atoms with Gasteiger partial charge in [-0.3, -0.25) is 4.68 Å². The van der Waals surface area contributed by atoms with Crippen LogP contribution >= 0.6 is 11.6 Å². The fraction of sp³-hybridized carbons (Fsp3) is 0.462. The minimum atomic E-state index is -0.119. The number of rotatable bonds is 4. The standard InChI is InChI=1S/C13H18ClN3O/c1-4-12-9(5-6-18-12)10(15)7-11-13(14)8(2)16-17(11)3/h5-6,10H,4,7,15H2,1-3H3. The molecule has 98 valence electrons. The van der Waals surface area contributed by atoms with Crippen LogP contribution in [0.15, 0.2) is 16.7 Å². The summed E-state index contributed by atoms with van der Waals surface area (Å²) in [7, 11) is 1.89. The molecule has 0 fully saturated rings. The maximum atomic E-state index is 6.24. The molecule has 1 unspecified atom stereocenters. The van der Waals surface area contributed by atoms with E-state index < -0.39 is 0 Å². The van der Waals surface area contributed by atoms with Crippen LogP contribution in [0.3, 0.4) is 0 Å². The van der Waals surface area contributed by atoms with Crippen LogP contribution in [0, 0.1) is 6.92 Å². The van der Waals surface area contributed by atoms with Gasteiger partial charge in [-0.15, -0.1) is 0 Å². The smallest absolute Gasteiger partial charge is 0.108 e. The maximum Gasteiger partial charge on any atom is 0.108 e. The molecule has 4 nitrogen and oxygen atoms in total. The summed E-state index contributed by atoms with van der Waals surface area (Å²) in [6, 6.07) is 1.81. The number of hydrogen-bond acceptors (Lipinski definition) is 3. The highest BCUT2D eigenvalue weighted by Crippen LogP contribution is 2.26. The molecule has 0 saturated carbocycles. The lowest BCUT2D eigenvalue weighted by Crippen LogP contribution is -2.16. The second-order valence-electron chi connectivity index (χ2n) is 4.43. The van der Waals surface area contributed by atoms with Gasteiger partial charge in [0.2, 0.25) is 0 Å². The lowest BCUT2D eigenvalue weighted by atomic mass is 10.0. The van der Waals surface area contributed by atoms with Gasteiger partial charge in [-0.1, -0.05) is 18.5 Å². The van der Waals surface area contributed by atoms with E-state index in [0.29, 0.717) is 11.4 Å². The van der Waals surface area contributed by atoms with Crippen LogP contribution in [-0.2, 0) is 19.9 Å². The molecule has 0 spiro atoms. The molecule has 1 atom stereocenters. The lowest BCUT2D eigenvalue weighted by Gasteiger charge is -2.12. The molecule has 0 radical (unpaired) electrons. The monoisotopic (exact) mass is 267 g/mol.